The van der Waals surface area contributed by atoms with Gasteiger partial charge in [0.05, 0.1) is 28.2 Å². The van der Waals surface area contributed by atoms with Crippen LogP contribution in [-0.4, -0.2) is 68.9 Å². The van der Waals surface area contributed by atoms with E-state index < -0.39 is 16.5 Å². The Hall–Kier alpha value is -4.27. The zero-order valence-corrected chi connectivity index (χ0v) is 23.2. The number of nitro benzene ring substituents is 1. The molecule has 1 aliphatic carbocycles. The number of aromatic nitrogens is 4. The van der Waals surface area contributed by atoms with E-state index in [4.69, 9.17) is 4.98 Å². The van der Waals surface area contributed by atoms with Crippen molar-refractivity contribution in [2.75, 3.05) is 38.0 Å². The molecule has 41 heavy (non-hydrogen) atoms. The molecule has 13 nitrogen and oxygen atoms in total. The van der Waals surface area contributed by atoms with Crippen molar-refractivity contribution in [2.45, 2.75) is 32.9 Å². The first kappa shape index (κ1) is 26.9. The Bertz CT molecular complexity index is 1690. The van der Waals surface area contributed by atoms with Gasteiger partial charge in [-0.2, -0.15) is 0 Å². The highest BCUT2D eigenvalue weighted by molar-refractivity contribution is 7.18. The SMILES string of the molecule is CCNc1cc2c(cc1[N+](=O)[O-])C(=O)c1n[n+]([O-])n(CCCc3ccc4sc(CN5CCNCC5)nc4c3)c1C2=O. The van der Waals surface area contributed by atoms with Crippen molar-refractivity contribution in [3.8, 4) is 0 Å². The summed E-state index contributed by atoms with van der Waals surface area (Å²) in [5, 5.41) is 35.4. The van der Waals surface area contributed by atoms with Gasteiger partial charge in [-0.3, -0.25) is 24.6 Å². The van der Waals surface area contributed by atoms with Crippen LogP contribution in [0.1, 0.15) is 56.0 Å². The first-order chi connectivity index (χ1) is 19.8. The van der Waals surface area contributed by atoms with Gasteiger partial charge >= 0.3 is 0 Å². The largest absolute Gasteiger partial charge is 0.571 e. The standard InChI is InChI=1S/C27H28N8O5S/c1-2-29-19-13-17-18(14-21(19)34(38)39)26(36)24-25(27(17)37)33(35(40)31-24)9-3-4-16-5-6-22-20(12-16)30-23(41-22)15-32-10-7-28-8-11-32/h5-6,12-14,28-29H,2-4,7-11,15H2,1H3. The fourth-order valence-corrected chi connectivity index (χ4v) is 6.40. The molecule has 4 aromatic rings. The molecule has 1 aliphatic heterocycles. The van der Waals surface area contributed by atoms with Gasteiger partial charge in [0.1, 0.15) is 10.7 Å². The Morgan fingerprint density at radius 3 is 2.68 bits per heavy atom. The Balaban J connectivity index is 1.19. The number of carbonyl (C=O) groups is 2. The number of hydrogen-bond donors (Lipinski definition) is 2. The van der Waals surface area contributed by atoms with Crippen LogP contribution in [0.15, 0.2) is 30.3 Å². The van der Waals surface area contributed by atoms with Crippen molar-refractivity contribution in [1.29, 1.82) is 0 Å². The van der Waals surface area contributed by atoms with Crippen LogP contribution >= 0.6 is 11.3 Å². The van der Waals surface area contributed by atoms with Crippen LogP contribution in [0.25, 0.3) is 10.2 Å². The van der Waals surface area contributed by atoms with Gasteiger partial charge in [0.25, 0.3) is 5.69 Å². The first-order valence-corrected chi connectivity index (χ1v) is 14.3. The molecule has 2 aliphatic rings. The number of nitrogens with one attached hydrogen (secondary N) is 2. The van der Waals surface area contributed by atoms with Crippen molar-refractivity contribution in [3.05, 3.63) is 78.7 Å². The first-order valence-electron chi connectivity index (χ1n) is 13.5. The summed E-state index contributed by atoms with van der Waals surface area (Å²) in [6.07, 6.45) is 1.15. The summed E-state index contributed by atoms with van der Waals surface area (Å²) in [5.74, 6) is -1.25. The third kappa shape index (κ3) is 5.05. The lowest BCUT2D eigenvalue weighted by Crippen LogP contribution is -2.42. The second-order valence-corrected chi connectivity index (χ2v) is 11.2. The highest BCUT2D eigenvalue weighted by Gasteiger charge is 2.41. The molecule has 3 heterocycles. The number of nitro groups is 1. The van der Waals surface area contributed by atoms with Gasteiger partial charge < -0.3 is 15.8 Å². The van der Waals surface area contributed by atoms with Crippen LogP contribution in [0.4, 0.5) is 11.4 Å². The number of carbonyl (C=O) groups excluding carboxylic acids is 2. The van der Waals surface area contributed by atoms with Gasteiger partial charge in [-0.05, 0) is 43.5 Å². The van der Waals surface area contributed by atoms with Gasteiger partial charge in [-0.1, -0.05) is 6.07 Å². The van der Waals surface area contributed by atoms with Gasteiger partial charge in [-0.15, -0.1) is 16.0 Å². The lowest BCUT2D eigenvalue weighted by atomic mass is 9.89. The molecule has 2 aromatic heterocycles. The smallest absolute Gasteiger partial charge is 0.293 e. The summed E-state index contributed by atoms with van der Waals surface area (Å²) in [4.78, 5) is 45.1. The molecule has 0 amide bonds. The molecule has 14 heteroatoms. The van der Waals surface area contributed by atoms with E-state index in [1.54, 1.807) is 18.3 Å². The van der Waals surface area contributed by atoms with Crippen LogP contribution in [0.3, 0.4) is 0 Å². The number of aryl methyl sites for hydroxylation is 1. The molecule has 2 aromatic carbocycles. The van der Waals surface area contributed by atoms with E-state index in [2.05, 4.69) is 32.8 Å². The Morgan fingerprint density at radius 2 is 1.93 bits per heavy atom. The average molecular weight is 577 g/mol. The molecule has 0 atom stereocenters. The van der Waals surface area contributed by atoms with Gasteiger partial charge in [0.2, 0.25) is 17.3 Å². The normalized spacial score (nSPS) is 15.2. The lowest BCUT2D eigenvalue weighted by Gasteiger charge is -2.25. The van der Waals surface area contributed by atoms with Gasteiger partial charge in [-0.25, -0.2) is 4.98 Å². The van der Waals surface area contributed by atoms with Crippen molar-refractivity contribution in [3.63, 3.8) is 0 Å². The predicted octanol–water partition coefficient (Wildman–Crippen LogP) is 2.28. The summed E-state index contributed by atoms with van der Waals surface area (Å²) in [7, 11) is 0. The van der Waals surface area contributed by atoms with E-state index >= 15 is 0 Å². The molecule has 0 unspecified atom stereocenters. The van der Waals surface area contributed by atoms with Gasteiger partial charge in [0.15, 0.2) is 5.69 Å². The molecule has 2 N–H and O–H groups in total. The fourth-order valence-electron chi connectivity index (χ4n) is 5.41. The maximum Gasteiger partial charge on any atom is 0.293 e. The summed E-state index contributed by atoms with van der Waals surface area (Å²) < 4.78 is 2.29. The lowest BCUT2D eigenvalue weighted by molar-refractivity contribution is -0.749. The quantitative estimate of drug-likeness (QED) is 0.115. The van der Waals surface area contributed by atoms with E-state index in [0.717, 1.165) is 59.6 Å². The number of nitrogens with zero attached hydrogens (tertiary/aromatic N) is 6. The zero-order valence-electron chi connectivity index (χ0n) is 22.4. The highest BCUT2D eigenvalue weighted by atomic mass is 32.1. The predicted molar refractivity (Wildman–Crippen MR) is 151 cm³/mol. The van der Waals surface area contributed by atoms with E-state index in [0.29, 0.717) is 19.4 Å². The van der Waals surface area contributed by atoms with Crippen LogP contribution in [0.2, 0.25) is 0 Å². The molecule has 0 bridgehead atoms. The Kier molecular flexibility index (Phi) is 7.19. The number of thiazole rings is 1. The summed E-state index contributed by atoms with van der Waals surface area (Å²) >= 11 is 1.70. The molecule has 6 rings (SSSR count). The summed E-state index contributed by atoms with van der Waals surface area (Å²) in [6, 6.07) is 8.56. The number of hydrogen-bond acceptors (Lipinski definition) is 11. The fraction of sp³-hybridized carbons (Fsp3) is 0.370. The minimum atomic E-state index is -0.685. The molecule has 0 spiro atoms. The maximum atomic E-state index is 13.5. The van der Waals surface area contributed by atoms with E-state index in [1.807, 2.05) is 6.07 Å². The third-order valence-electron chi connectivity index (χ3n) is 7.39. The van der Waals surface area contributed by atoms with Crippen molar-refractivity contribution < 1.29 is 19.5 Å². The van der Waals surface area contributed by atoms with E-state index in [9.17, 15) is 24.9 Å². The molecule has 1 saturated heterocycles. The average Bonchev–Trinajstić information content (AvgIpc) is 3.51. The Labute approximate surface area is 238 Å². The Morgan fingerprint density at radius 1 is 1.15 bits per heavy atom. The number of piperazine rings is 1. The maximum absolute atomic E-state index is 13.5. The summed E-state index contributed by atoms with van der Waals surface area (Å²) in [5.41, 5.74) is 1.31. The molecule has 1 fully saturated rings. The molecular formula is C27H28N8O5S. The minimum absolute atomic E-state index is 0.0106. The van der Waals surface area contributed by atoms with Crippen LogP contribution in [0, 0.1) is 15.3 Å². The third-order valence-corrected chi connectivity index (χ3v) is 8.41. The van der Waals surface area contributed by atoms with E-state index in [1.165, 1.54) is 10.7 Å². The van der Waals surface area contributed by atoms with Crippen LogP contribution < -0.4 is 15.6 Å². The molecule has 0 saturated carbocycles. The number of anilines is 1. The number of ketones is 2. The van der Waals surface area contributed by atoms with Crippen molar-refractivity contribution in [2.24, 2.45) is 0 Å². The number of rotatable bonds is 9. The topological polar surface area (TPSA) is 162 Å². The molecule has 0 radical (unpaired) electrons. The second kappa shape index (κ2) is 11.0. The van der Waals surface area contributed by atoms with Crippen LogP contribution in [-0.2, 0) is 19.5 Å². The zero-order chi connectivity index (χ0) is 28.7. The molecule has 212 valence electrons. The molecular weight excluding hydrogens is 548 g/mol. The number of fused-ring (bicyclic) bond motifs is 3. The van der Waals surface area contributed by atoms with Crippen molar-refractivity contribution in [1.82, 2.24) is 25.0 Å². The number of benzene rings is 2. The van der Waals surface area contributed by atoms with Crippen molar-refractivity contribution >= 4 is 44.5 Å². The second-order valence-electron chi connectivity index (χ2n) is 10.1. The van der Waals surface area contributed by atoms with Gasteiger partial charge in [0, 0.05) is 60.0 Å². The monoisotopic (exact) mass is 576 g/mol. The van der Waals surface area contributed by atoms with Crippen LogP contribution in [0.5, 0.6) is 0 Å². The minimum Gasteiger partial charge on any atom is -0.571 e. The summed E-state index contributed by atoms with van der Waals surface area (Å²) in [6.45, 7) is 7.15. The van der Waals surface area contributed by atoms with E-state index in [-0.39, 0.29) is 45.4 Å². The highest BCUT2D eigenvalue weighted by Crippen LogP contribution is 2.34.